The first kappa shape index (κ1) is 25.0. The van der Waals surface area contributed by atoms with Crippen molar-refractivity contribution in [2.45, 2.75) is 23.4 Å². The molecule has 0 bridgehead atoms. The number of sulfonamides is 1. The number of para-hydroxylation sites is 1. The Hall–Kier alpha value is -3.15. The molecule has 3 aromatic carbocycles. The molecule has 0 radical (unpaired) electrons. The summed E-state index contributed by atoms with van der Waals surface area (Å²) < 4.78 is 83.9. The summed E-state index contributed by atoms with van der Waals surface area (Å²) in [6, 6.07) is 10.8. The lowest BCUT2D eigenvalue weighted by Crippen LogP contribution is -2.22. The molecule has 0 aliphatic carbocycles. The van der Waals surface area contributed by atoms with Crippen molar-refractivity contribution in [1.29, 1.82) is 0 Å². The molecule has 1 aliphatic rings. The van der Waals surface area contributed by atoms with Crippen molar-refractivity contribution in [3.8, 4) is 5.75 Å². The van der Waals surface area contributed by atoms with Crippen molar-refractivity contribution in [3.63, 3.8) is 0 Å². The van der Waals surface area contributed by atoms with E-state index in [0.29, 0.717) is 0 Å². The maximum absolute atomic E-state index is 14.3. The Morgan fingerprint density at radius 2 is 1.80 bits per heavy atom. The smallest absolute Gasteiger partial charge is 0.417 e. The zero-order valence-electron chi connectivity index (χ0n) is 17.7. The number of anilines is 1. The van der Waals surface area contributed by atoms with E-state index in [1.165, 1.54) is 30.3 Å². The van der Waals surface area contributed by atoms with Gasteiger partial charge in [0, 0.05) is 22.7 Å². The van der Waals surface area contributed by atoms with E-state index in [-0.39, 0.29) is 46.1 Å². The number of fused-ring (bicyclic) bond motifs is 1. The van der Waals surface area contributed by atoms with E-state index in [0.717, 1.165) is 24.3 Å². The number of carbonyl (C=O) groups excluding carboxylic acids is 1. The van der Waals surface area contributed by atoms with Crippen LogP contribution < -0.4 is 15.2 Å². The Morgan fingerprint density at radius 3 is 2.49 bits per heavy atom. The van der Waals surface area contributed by atoms with Crippen LogP contribution in [-0.4, -0.2) is 20.9 Å². The number of rotatable bonds is 4. The molecule has 0 fully saturated rings. The zero-order valence-corrected chi connectivity index (χ0v) is 19.3. The van der Waals surface area contributed by atoms with Gasteiger partial charge in [0.15, 0.2) is 11.6 Å². The second-order valence-electron chi connectivity index (χ2n) is 7.79. The summed E-state index contributed by atoms with van der Waals surface area (Å²) in [6.45, 7) is 0.0139. The average molecular weight is 529 g/mol. The van der Waals surface area contributed by atoms with Crippen molar-refractivity contribution >= 4 is 33.2 Å². The monoisotopic (exact) mass is 528 g/mol. The Morgan fingerprint density at radius 1 is 1.09 bits per heavy atom. The van der Waals surface area contributed by atoms with Gasteiger partial charge in [0.05, 0.1) is 22.1 Å². The molecular weight excluding hydrogens is 512 g/mol. The largest absolute Gasteiger partial charge is 0.490 e. The Kier molecular flexibility index (Phi) is 6.52. The second-order valence-corrected chi connectivity index (χ2v) is 9.76. The quantitative estimate of drug-likeness (QED) is 0.448. The third-order valence-corrected chi connectivity index (χ3v) is 6.73. The van der Waals surface area contributed by atoms with Crippen LogP contribution in [-0.2, 0) is 16.2 Å². The van der Waals surface area contributed by atoms with E-state index in [1.807, 2.05) is 0 Å². The summed E-state index contributed by atoms with van der Waals surface area (Å²) in [5, 5.41) is 6.89. The number of primary sulfonamides is 1. The Bertz CT molecular complexity index is 1430. The van der Waals surface area contributed by atoms with Gasteiger partial charge in [-0.05, 0) is 48.4 Å². The standard InChI is InChI=1S/C23H17ClF4N2O4S/c24-19-11-17(22(31)30-12-3-1-4-13(9-12)35(29,32)33)16(10-18(19)23(26,27)28)14-7-8-34-21-15(14)5-2-6-20(21)25/h1-6,9-11,14H,7-8H2,(H,30,31)(H2,29,32,33). The summed E-state index contributed by atoms with van der Waals surface area (Å²) in [5.74, 6) is -2.42. The van der Waals surface area contributed by atoms with E-state index in [9.17, 15) is 30.8 Å². The summed E-state index contributed by atoms with van der Waals surface area (Å²) in [5.41, 5.74) is -1.03. The molecule has 6 nitrogen and oxygen atoms in total. The average Bonchev–Trinajstić information content (AvgIpc) is 2.78. The van der Waals surface area contributed by atoms with Crippen LogP contribution >= 0.6 is 11.6 Å². The number of hydrogen-bond donors (Lipinski definition) is 2. The van der Waals surface area contributed by atoms with Crippen LogP contribution in [0.4, 0.5) is 23.2 Å². The van der Waals surface area contributed by atoms with E-state index in [4.69, 9.17) is 21.5 Å². The van der Waals surface area contributed by atoms with E-state index < -0.39 is 44.4 Å². The van der Waals surface area contributed by atoms with Gasteiger partial charge in [0.2, 0.25) is 10.0 Å². The third kappa shape index (κ3) is 5.12. The van der Waals surface area contributed by atoms with Crippen molar-refractivity contribution in [3.05, 3.63) is 87.7 Å². The van der Waals surface area contributed by atoms with Crippen molar-refractivity contribution in [2.24, 2.45) is 5.14 Å². The van der Waals surface area contributed by atoms with Crippen LogP contribution in [0.15, 0.2) is 59.5 Å². The number of amides is 1. The van der Waals surface area contributed by atoms with Crippen molar-refractivity contribution < 1.29 is 35.5 Å². The lowest BCUT2D eigenvalue weighted by atomic mass is 9.83. The number of alkyl halides is 3. The molecule has 35 heavy (non-hydrogen) atoms. The van der Waals surface area contributed by atoms with Gasteiger partial charge in [-0.2, -0.15) is 13.2 Å². The van der Waals surface area contributed by atoms with E-state index >= 15 is 0 Å². The lowest BCUT2D eigenvalue weighted by Gasteiger charge is -2.28. The first-order valence-electron chi connectivity index (χ1n) is 10.1. The van der Waals surface area contributed by atoms with E-state index in [2.05, 4.69) is 5.32 Å². The van der Waals surface area contributed by atoms with Gasteiger partial charge in [0.1, 0.15) is 0 Å². The van der Waals surface area contributed by atoms with Crippen LogP contribution in [0.25, 0.3) is 0 Å². The SMILES string of the molecule is NS(=O)(=O)c1cccc(NC(=O)c2cc(Cl)c(C(F)(F)F)cc2C2CCOc3c(F)cccc32)c1. The third-order valence-electron chi connectivity index (χ3n) is 5.51. The molecule has 0 aromatic heterocycles. The fourth-order valence-corrected chi connectivity index (χ4v) is 4.78. The van der Waals surface area contributed by atoms with Gasteiger partial charge in [-0.15, -0.1) is 0 Å². The number of halogens is 5. The summed E-state index contributed by atoms with van der Waals surface area (Å²) in [7, 11) is -4.06. The molecule has 1 unspecified atom stereocenters. The maximum atomic E-state index is 14.3. The van der Waals surface area contributed by atoms with Gasteiger partial charge < -0.3 is 10.1 Å². The molecule has 3 aromatic rings. The molecule has 1 heterocycles. The molecule has 0 saturated carbocycles. The molecule has 1 aliphatic heterocycles. The van der Waals surface area contributed by atoms with Crippen LogP contribution in [0.2, 0.25) is 5.02 Å². The minimum absolute atomic E-state index is 0.0139. The Balaban J connectivity index is 1.84. The molecule has 3 N–H and O–H groups in total. The van der Waals surface area contributed by atoms with E-state index in [1.54, 1.807) is 0 Å². The number of nitrogens with one attached hydrogen (secondary N) is 1. The number of benzene rings is 3. The summed E-state index contributed by atoms with van der Waals surface area (Å²) >= 11 is 5.90. The molecular formula is C23H17ClF4N2O4S. The summed E-state index contributed by atoms with van der Waals surface area (Å²) in [4.78, 5) is 12.9. The van der Waals surface area contributed by atoms with Crippen LogP contribution in [0.5, 0.6) is 5.75 Å². The van der Waals surface area contributed by atoms with Gasteiger partial charge >= 0.3 is 6.18 Å². The maximum Gasteiger partial charge on any atom is 0.417 e. The predicted molar refractivity (Wildman–Crippen MR) is 121 cm³/mol. The van der Waals surface area contributed by atoms with Gasteiger partial charge in [0.25, 0.3) is 5.91 Å². The highest BCUT2D eigenvalue weighted by atomic mass is 35.5. The van der Waals surface area contributed by atoms with Gasteiger partial charge in [-0.1, -0.05) is 29.8 Å². The second kappa shape index (κ2) is 9.14. The molecule has 4 rings (SSSR count). The number of nitrogens with two attached hydrogens (primary N) is 1. The Labute approximate surface area is 202 Å². The molecule has 12 heteroatoms. The highest BCUT2D eigenvalue weighted by Crippen LogP contribution is 2.44. The van der Waals surface area contributed by atoms with Crippen molar-refractivity contribution in [2.75, 3.05) is 11.9 Å². The van der Waals surface area contributed by atoms with Crippen molar-refractivity contribution in [1.82, 2.24) is 0 Å². The fraction of sp³-hybridized carbons (Fsp3) is 0.174. The van der Waals surface area contributed by atoms with Crippen LogP contribution in [0, 0.1) is 5.82 Å². The summed E-state index contributed by atoms with van der Waals surface area (Å²) in [6.07, 6.45) is -4.63. The molecule has 0 spiro atoms. The number of carbonyl (C=O) groups is 1. The molecule has 0 saturated heterocycles. The fourth-order valence-electron chi connectivity index (χ4n) is 3.95. The number of hydrogen-bond acceptors (Lipinski definition) is 4. The normalized spacial score (nSPS) is 15.8. The van der Waals surface area contributed by atoms with Crippen LogP contribution in [0.3, 0.4) is 0 Å². The lowest BCUT2D eigenvalue weighted by molar-refractivity contribution is -0.137. The first-order chi connectivity index (χ1) is 16.4. The highest BCUT2D eigenvalue weighted by Gasteiger charge is 2.37. The molecule has 1 amide bonds. The zero-order chi connectivity index (χ0) is 25.5. The molecule has 1 atom stereocenters. The minimum atomic E-state index is -4.80. The van der Waals surface area contributed by atoms with Gasteiger partial charge in [-0.3, -0.25) is 4.79 Å². The molecule has 184 valence electrons. The number of ether oxygens (including phenoxy) is 1. The van der Waals surface area contributed by atoms with Crippen LogP contribution in [0.1, 0.15) is 39.4 Å². The predicted octanol–water partition coefficient (Wildman–Crippen LogP) is 5.31. The topological polar surface area (TPSA) is 98.5 Å². The minimum Gasteiger partial charge on any atom is -0.490 e. The van der Waals surface area contributed by atoms with Gasteiger partial charge in [-0.25, -0.2) is 17.9 Å². The first-order valence-corrected chi connectivity index (χ1v) is 12.0. The highest BCUT2D eigenvalue weighted by molar-refractivity contribution is 7.89.